The average molecular weight is 271 g/mol. The molecule has 0 saturated carbocycles. The second-order valence-electron chi connectivity index (χ2n) is 4.76. The Balaban J connectivity index is 2.52. The lowest BCUT2D eigenvalue weighted by Crippen LogP contribution is -2.37. The van der Waals surface area contributed by atoms with Crippen LogP contribution >= 0.6 is 0 Å². The maximum atomic E-state index is 6.66. The fraction of sp³-hybridized carbons (Fsp3) is 0.294. The monoisotopic (exact) mass is 271 g/mol. The van der Waals surface area contributed by atoms with Crippen LogP contribution in [0.5, 0.6) is 11.5 Å². The third kappa shape index (κ3) is 2.49. The van der Waals surface area contributed by atoms with Gasteiger partial charge in [0, 0.05) is 0 Å². The zero-order valence-corrected chi connectivity index (χ0v) is 12.2. The zero-order valence-electron chi connectivity index (χ0n) is 12.2. The smallest absolute Gasteiger partial charge is 0.161 e. The molecular weight excluding hydrogens is 250 g/mol. The van der Waals surface area contributed by atoms with Gasteiger partial charge in [-0.3, -0.25) is 0 Å². The van der Waals surface area contributed by atoms with Gasteiger partial charge in [0.25, 0.3) is 0 Å². The maximum absolute atomic E-state index is 6.66. The van der Waals surface area contributed by atoms with E-state index in [0.29, 0.717) is 11.5 Å². The summed E-state index contributed by atoms with van der Waals surface area (Å²) < 4.78 is 10.6. The first-order valence-electron chi connectivity index (χ1n) is 6.72. The SMILES string of the molecule is CCC(N)(c1ccccc1)c1ccc(OC)c(OC)c1. The maximum Gasteiger partial charge on any atom is 0.161 e. The Kier molecular flexibility index (Phi) is 4.30. The molecule has 3 heteroatoms. The van der Waals surface area contributed by atoms with Crippen LogP contribution in [0.15, 0.2) is 48.5 Å². The van der Waals surface area contributed by atoms with Crippen LogP contribution in [0.2, 0.25) is 0 Å². The number of rotatable bonds is 5. The van der Waals surface area contributed by atoms with Gasteiger partial charge in [-0.15, -0.1) is 0 Å². The Hall–Kier alpha value is -2.00. The van der Waals surface area contributed by atoms with Crippen LogP contribution in [0, 0.1) is 0 Å². The molecule has 0 radical (unpaired) electrons. The van der Waals surface area contributed by atoms with Crippen molar-refractivity contribution in [1.29, 1.82) is 0 Å². The molecule has 2 rings (SSSR count). The van der Waals surface area contributed by atoms with Crippen molar-refractivity contribution in [1.82, 2.24) is 0 Å². The van der Waals surface area contributed by atoms with Crippen LogP contribution in [0.25, 0.3) is 0 Å². The molecule has 0 aliphatic rings. The molecule has 1 unspecified atom stereocenters. The first-order valence-corrected chi connectivity index (χ1v) is 6.72. The molecule has 20 heavy (non-hydrogen) atoms. The van der Waals surface area contributed by atoms with Gasteiger partial charge in [0.1, 0.15) is 0 Å². The Morgan fingerprint density at radius 2 is 1.55 bits per heavy atom. The summed E-state index contributed by atoms with van der Waals surface area (Å²) in [6, 6.07) is 16.0. The number of methoxy groups -OCH3 is 2. The van der Waals surface area contributed by atoms with Gasteiger partial charge in [-0.25, -0.2) is 0 Å². The Labute approximate surface area is 120 Å². The summed E-state index contributed by atoms with van der Waals surface area (Å²) in [7, 11) is 3.26. The summed E-state index contributed by atoms with van der Waals surface area (Å²) >= 11 is 0. The zero-order chi connectivity index (χ0) is 14.6. The predicted molar refractivity (Wildman–Crippen MR) is 81.2 cm³/mol. The number of nitrogens with two attached hydrogens (primary N) is 1. The van der Waals surface area contributed by atoms with Crippen molar-refractivity contribution in [2.75, 3.05) is 14.2 Å². The van der Waals surface area contributed by atoms with Crippen LogP contribution in [-0.2, 0) is 5.54 Å². The van der Waals surface area contributed by atoms with Gasteiger partial charge in [-0.2, -0.15) is 0 Å². The summed E-state index contributed by atoms with van der Waals surface area (Å²) in [6.07, 6.45) is 0.798. The Morgan fingerprint density at radius 3 is 2.10 bits per heavy atom. The largest absolute Gasteiger partial charge is 0.493 e. The molecule has 0 bridgehead atoms. The van der Waals surface area contributed by atoms with Crippen molar-refractivity contribution in [2.24, 2.45) is 5.73 Å². The van der Waals surface area contributed by atoms with Crippen LogP contribution in [0.3, 0.4) is 0 Å². The normalized spacial score (nSPS) is 13.6. The van der Waals surface area contributed by atoms with Crippen LogP contribution in [-0.4, -0.2) is 14.2 Å². The second kappa shape index (κ2) is 5.97. The molecule has 0 heterocycles. The van der Waals surface area contributed by atoms with E-state index in [1.54, 1.807) is 14.2 Å². The molecule has 0 fully saturated rings. The second-order valence-corrected chi connectivity index (χ2v) is 4.76. The highest BCUT2D eigenvalue weighted by Gasteiger charge is 2.28. The third-order valence-corrected chi connectivity index (χ3v) is 3.75. The van der Waals surface area contributed by atoms with Gasteiger partial charge in [-0.1, -0.05) is 43.3 Å². The fourth-order valence-corrected chi connectivity index (χ4v) is 2.42. The van der Waals surface area contributed by atoms with Crippen molar-refractivity contribution in [3.8, 4) is 11.5 Å². The molecule has 3 nitrogen and oxygen atoms in total. The molecule has 0 saturated heterocycles. The molecule has 2 N–H and O–H groups in total. The van der Waals surface area contributed by atoms with E-state index < -0.39 is 5.54 Å². The number of hydrogen-bond donors (Lipinski definition) is 1. The van der Waals surface area contributed by atoms with Gasteiger partial charge < -0.3 is 15.2 Å². The first kappa shape index (κ1) is 14.4. The number of ether oxygens (including phenoxy) is 2. The fourth-order valence-electron chi connectivity index (χ4n) is 2.42. The van der Waals surface area contributed by atoms with Crippen LogP contribution in [0.1, 0.15) is 24.5 Å². The topological polar surface area (TPSA) is 44.5 Å². The van der Waals surface area contributed by atoms with Crippen molar-refractivity contribution < 1.29 is 9.47 Å². The standard InChI is InChI=1S/C17H21NO2/c1-4-17(18,13-8-6-5-7-9-13)14-10-11-15(19-2)16(12-14)20-3/h5-12H,4,18H2,1-3H3. The van der Waals surface area contributed by atoms with Crippen molar-refractivity contribution in [3.05, 3.63) is 59.7 Å². The third-order valence-electron chi connectivity index (χ3n) is 3.75. The van der Waals surface area contributed by atoms with Gasteiger partial charge in [0.2, 0.25) is 0 Å². The molecule has 0 aliphatic heterocycles. The van der Waals surface area contributed by atoms with E-state index >= 15 is 0 Å². The lowest BCUT2D eigenvalue weighted by molar-refractivity contribution is 0.353. The van der Waals surface area contributed by atoms with E-state index in [9.17, 15) is 0 Å². The first-order chi connectivity index (χ1) is 9.65. The van der Waals surface area contributed by atoms with E-state index in [1.807, 2.05) is 36.4 Å². The minimum Gasteiger partial charge on any atom is -0.493 e. The van der Waals surface area contributed by atoms with E-state index in [0.717, 1.165) is 17.5 Å². The van der Waals surface area contributed by atoms with Crippen molar-refractivity contribution >= 4 is 0 Å². The van der Waals surface area contributed by atoms with Gasteiger partial charge in [0.15, 0.2) is 11.5 Å². The molecule has 0 amide bonds. The lowest BCUT2D eigenvalue weighted by Gasteiger charge is -2.30. The van der Waals surface area contributed by atoms with E-state index in [2.05, 4.69) is 19.1 Å². The van der Waals surface area contributed by atoms with Crippen LogP contribution in [0.4, 0.5) is 0 Å². The van der Waals surface area contributed by atoms with Gasteiger partial charge in [-0.05, 0) is 29.7 Å². The summed E-state index contributed by atoms with van der Waals surface area (Å²) in [6.45, 7) is 2.09. The van der Waals surface area contributed by atoms with Crippen molar-refractivity contribution in [2.45, 2.75) is 18.9 Å². The van der Waals surface area contributed by atoms with Crippen LogP contribution < -0.4 is 15.2 Å². The summed E-state index contributed by atoms with van der Waals surface area (Å²) in [5, 5.41) is 0. The predicted octanol–water partition coefficient (Wildman–Crippen LogP) is 3.32. The van der Waals surface area contributed by atoms with E-state index in [1.165, 1.54) is 0 Å². The average Bonchev–Trinajstić information content (AvgIpc) is 2.54. The van der Waals surface area contributed by atoms with Gasteiger partial charge >= 0.3 is 0 Å². The number of benzene rings is 2. The highest BCUT2D eigenvalue weighted by atomic mass is 16.5. The highest BCUT2D eigenvalue weighted by molar-refractivity contribution is 5.48. The quantitative estimate of drug-likeness (QED) is 0.907. The molecule has 0 aromatic heterocycles. The molecule has 106 valence electrons. The molecule has 2 aromatic rings. The molecule has 0 spiro atoms. The Morgan fingerprint density at radius 1 is 0.900 bits per heavy atom. The summed E-state index contributed by atoms with van der Waals surface area (Å²) in [5.74, 6) is 1.41. The summed E-state index contributed by atoms with van der Waals surface area (Å²) in [5.41, 5.74) is 8.24. The number of hydrogen-bond acceptors (Lipinski definition) is 3. The summed E-state index contributed by atoms with van der Waals surface area (Å²) in [4.78, 5) is 0. The minimum atomic E-state index is -0.527. The molecule has 2 aromatic carbocycles. The van der Waals surface area contributed by atoms with Gasteiger partial charge in [0.05, 0.1) is 19.8 Å². The van der Waals surface area contributed by atoms with Crippen molar-refractivity contribution in [3.63, 3.8) is 0 Å². The molecule has 1 atom stereocenters. The van der Waals surface area contributed by atoms with E-state index in [4.69, 9.17) is 15.2 Å². The Bertz CT molecular complexity index is 568. The van der Waals surface area contributed by atoms with E-state index in [-0.39, 0.29) is 0 Å². The highest BCUT2D eigenvalue weighted by Crippen LogP contribution is 2.36. The minimum absolute atomic E-state index is 0.527. The molecular formula is C17H21NO2. The molecule has 0 aliphatic carbocycles. The lowest BCUT2D eigenvalue weighted by atomic mass is 9.81.